The number of benzene rings is 1. The van der Waals surface area contributed by atoms with Crippen molar-refractivity contribution in [1.82, 2.24) is 10.2 Å². The van der Waals surface area contributed by atoms with Gasteiger partial charge in [-0.25, -0.2) is 0 Å². The minimum Gasteiger partial charge on any atom is -0.465 e. The third-order valence-electron chi connectivity index (χ3n) is 3.35. The quantitative estimate of drug-likeness (QED) is 0.838. The Hall–Kier alpha value is -1.58. The Morgan fingerprint density at radius 3 is 2.45 bits per heavy atom. The van der Waals surface area contributed by atoms with E-state index in [9.17, 15) is 0 Å². The van der Waals surface area contributed by atoms with Crippen LogP contribution in [0.2, 0.25) is 0 Å². The lowest BCUT2D eigenvalue weighted by molar-refractivity contribution is 0.284. The van der Waals surface area contributed by atoms with E-state index < -0.39 is 0 Å². The van der Waals surface area contributed by atoms with Crippen LogP contribution < -0.4 is 5.32 Å². The van der Waals surface area contributed by atoms with Crippen molar-refractivity contribution >= 4 is 0 Å². The highest BCUT2D eigenvalue weighted by atomic mass is 16.3. The molecular weight excluding hydrogens is 248 g/mol. The second-order valence-electron chi connectivity index (χ2n) is 5.23. The molecule has 0 aliphatic heterocycles. The van der Waals surface area contributed by atoms with E-state index in [1.807, 2.05) is 13.0 Å². The molecule has 0 unspecified atom stereocenters. The van der Waals surface area contributed by atoms with E-state index in [2.05, 4.69) is 54.5 Å². The third-order valence-corrected chi connectivity index (χ3v) is 3.35. The molecule has 1 N–H and O–H groups in total. The molecule has 0 saturated heterocycles. The molecule has 0 aliphatic rings. The van der Waals surface area contributed by atoms with Gasteiger partial charge in [-0.05, 0) is 43.8 Å². The summed E-state index contributed by atoms with van der Waals surface area (Å²) in [5.41, 5.74) is 2.75. The lowest BCUT2D eigenvalue weighted by atomic mass is 10.1. The van der Waals surface area contributed by atoms with Gasteiger partial charge < -0.3 is 9.73 Å². The topological polar surface area (TPSA) is 28.4 Å². The Kier molecular flexibility index (Phi) is 5.39. The highest BCUT2D eigenvalue weighted by molar-refractivity contribution is 5.27. The van der Waals surface area contributed by atoms with Gasteiger partial charge in [-0.1, -0.05) is 31.2 Å². The summed E-state index contributed by atoms with van der Waals surface area (Å²) in [4.78, 5) is 2.28. The molecule has 108 valence electrons. The van der Waals surface area contributed by atoms with Crippen molar-refractivity contribution in [1.29, 1.82) is 0 Å². The van der Waals surface area contributed by atoms with Crippen LogP contribution in [-0.2, 0) is 19.6 Å². The Morgan fingerprint density at radius 2 is 1.80 bits per heavy atom. The Balaban J connectivity index is 1.98. The van der Waals surface area contributed by atoms with E-state index in [0.717, 1.165) is 37.7 Å². The number of rotatable bonds is 7. The van der Waals surface area contributed by atoms with Gasteiger partial charge in [0.2, 0.25) is 0 Å². The van der Waals surface area contributed by atoms with Crippen molar-refractivity contribution < 1.29 is 4.42 Å². The van der Waals surface area contributed by atoms with Gasteiger partial charge in [-0.15, -0.1) is 0 Å². The molecule has 1 aromatic heterocycles. The van der Waals surface area contributed by atoms with Crippen LogP contribution in [0.15, 0.2) is 40.8 Å². The van der Waals surface area contributed by atoms with E-state index in [1.165, 1.54) is 11.1 Å². The zero-order valence-electron chi connectivity index (χ0n) is 12.6. The molecule has 20 heavy (non-hydrogen) atoms. The molecule has 0 atom stereocenters. The van der Waals surface area contributed by atoms with E-state index >= 15 is 0 Å². The van der Waals surface area contributed by atoms with E-state index in [1.54, 1.807) is 0 Å². The summed E-state index contributed by atoms with van der Waals surface area (Å²) < 4.78 is 5.63. The highest BCUT2D eigenvalue weighted by Crippen LogP contribution is 2.14. The van der Waals surface area contributed by atoms with Crippen molar-refractivity contribution in [3.8, 4) is 0 Å². The number of furan rings is 1. The van der Waals surface area contributed by atoms with Crippen LogP contribution in [0.3, 0.4) is 0 Å². The van der Waals surface area contributed by atoms with Gasteiger partial charge in [0.15, 0.2) is 0 Å². The van der Waals surface area contributed by atoms with Gasteiger partial charge in [-0.3, -0.25) is 4.90 Å². The molecule has 0 amide bonds. The highest BCUT2D eigenvalue weighted by Gasteiger charge is 2.07. The van der Waals surface area contributed by atoms with Gasteiger partial charge in [-0.2, -0.15) is 0 Å². The van der Waals surface area contributed by atoms with Crippen LogP contribution in [0, 0.1) is 6.92 Å². The second kappa shape index (κ2) is 7.27. The number of nitrogens with one attached hydrogen (secondary N) is 1. The second-order valence-corrected chi connectivity index (χ2v) is 5.23. The lowest BCUT2D eigenvalue weighted by Gasteiger charge is -2.18. The van der Waals surface area contributed by atoms with Crippen LogP contribution in [0.4, 0.5) is 0 Å². The summed E-state index contributed by atoms with van der Waals surface area (Å²) in [5, 5.41) is 3.39. The summed E-state index contributed by atoms with van der Waals surface area (Å²) in [6.45, 7) is 7.81. The van der Waals surface area contributed by atoms with Crippen molar-refractivity contribution in [3.63, 3.8) is 0 Å². The molecule has 1 heterocycles. The Bertz CT molecular complexity index is 533. The summed E-state index contributed by atoms with van der Waals surface area (Å²) in [5.74, 6) is 2.00. The molecule has 1 aromatic carbocycles. The molecule has 0 radical (unpaired) electrons. The largest absolute Gasteiger partial charge is 0.465 e. The Morgan fingerprint density at radius 1 is 1.05 bits per heavy atom. The maximum atomic E-state index is 5.63. The molecule has 2 rings (SSSR count). The molecule has 0 saturated carbocycles. The maximum absolute atomic E-state index is 5.63. The molecular formula is C17H24N2O. The monoisotopic (exact) mass is 272 g/mol. The smallest absolute Gasteiger partial charge is 0.118 e. The van der Waals surface area contributed by atoms with Gasteiger partial charge in [0.05, 0.1) is 6.54 Å². The number of hydrogen-bond acceptors (Lipinski definition) is 3. The minimum absolute atomic E-state index is 0.837. The number of hydrogen-bond donors (Lipinski definition) is 1. The molecule has 0 bridgehead atoms. The van der Waals surface area contributed by atoms with Crippen LogP contribution in [-0.4, -0.2) is 18.5 Å². The molecule has 0 spiro atoms. The summed E-state index contributed by atoms with van der Waals surface area (Å²) in [6, 6.07) is 12.7. The first kappa shape index (κ1) is 14.8. The van der Waals surface area contributed by atoms with E-state index in [-0.39, 0.29) is 0 Å². The van der Waals surface area contributed by atoms with E-state index in [0.29, 0.717) is 0 Å². The molecule has 3 nitrogen and oxygen atoms in total. The molecule has 0 fully saturated rings. The average Bonchev–Trinajstić information content (AvgIpc) is 2.83. The van der Waals surface area contributed by atoms with E-state index in [4.69, 9.17) is 4.42 Å². The maximum Gasteiger partial charge on any atom is 0.118 e. The first-order chi connectivity index (χ1) is 9.69. The van der Waals surface area contributed by atoms with Gasteiger partial charge in [0, 0.05) is 13.1 Å². The summed E-state index contributed by atoms with van der Waals surface area (Å²) in [6.07, 6.45) is 0. The first-order valence-electron chi connectivity index (χ1n) is 7.20. The normalized spacial score (nSPS) is 11.2. The van der Waals surface area contributed by atoms with Crippen LogP contribution >= 0.6 is 0 Å². The van der Waals surface area contributed by atoms with Crippen LogP contribution in [0.5, 0.6) is 0 Å². The fourth-order valence-corrected chi connectivity index (χ4v) is 2.33. The Labute approximate surface area is 121 Å². The van der Waals surface area contributed by atoms with Gasteiger partial charge in [0.25, 0.3) is 0 Å². The zero-order chi connectivity index (χ0) is 14.4. The summed E-state index contributed by atoms with van der Waals surface area (Å²) >= 11 is 0. The van der Waals surface area contributed by atoms with Crippen molar-refractivity contribution in [3.05, 3.63) is 59.0 Å². The lowest BCUT2D eigenvalue weighted by Crippen LogP contribution is -2.19. The van der Waals surface area contributed by atoms with Gasteiger partial charge >= 0.3 is 0 Å². The SMILES string of the molecule is CCNCc1ccccc1CN(C)Cc1ccc(C)o1. The average molecular weight is 272 g/mol. The first-order valence-corrected chi connectivity index (χ1v) is 7.20. The van der Waals surface area contributed by atoms with Crippen LogP contribution in [0.1, 0.15) is 29.6 Å². The predicted molar refractivity (Wildman–Crippen MR) is 82.4 cm³/mol. The van der Waals surface area contributed by atoms with Crippen molar-refractivity contribution in [2.45, 2.75) is 33.5 Å². The fourth-order valence-electron chi connectivity index (χ4n) is 2.33. The van der Waals surface area contributed by atoms with Gasteiger partial charge in [0.1, 0.15) is 11.5 Å². The molecule has 3 heteroatoms. The van der Waals surface area contributed by atoms with Crippen molar-refractivity contribution in [2.75, 3.05) is 13.6 Å². The number of aryl methyl sites for hydroxylation is 1. The van der Waals surface area contributed by atoms with Crippen LogP contribution in [0.25, 0.3) is 0 Å². The summed E-state index contributed by atoms with van der Waals surface area (Å²) in [7, 11) is 2.13. The minimum atomic E-state index is 0.837. The molecule has 0 aliphatic carbocycles. The molecule has 2 aromatic rings. The standard InChI is InChI=1S/C17H24N2O/c1-4-18-11-15-7-5-6-8-16(15)12-19(3)13-17-10-9-14(2)20-17/h5-10,18H,4,11-13H2,1-3H3. The predicted octanol–water partition coefficient (Wildman–Crippen LogP) is 3.33. The zero-order valence-corrected chi connectivity index (χ0v) is 12.6. The van der Waals surface area contributed by atoms with Crippen molar-refractivity contribution in [2.24, 2.45) is 0 Å². The number of nitrogens with zero attached hydrogens (tertiary/aromatic N) is 1. The third kappa shape index (κ3) is 4.22. The fraction of sp³-hybridized carbons (Fsp3) is 0.412.